The second kappa shape index (κ2) is 8.75. The Morgan fingerprint density at radius 3 is 2.88 bits per heavy atom. The Balaban J connectivity index is 1.26. The van der Waals surface area contributed by atoms with E-state index in [2.05, 4.69) is 17.6 Å². The first-order valence-corrected chi connectivity index (χ1v) is 11.2. The largest absolute Gasteiger partial charge is 0.497 e. The van der Waals surface area contributed by atoms with Gasteiger partial charge < -0.3 is 14.4 Å². The Labute approximate surface area is 188 Å². The van der Waals surface area contributed by atoms with Crippen LogP contribution in [0.2, 0.25) is 0 Å². The van der Waals surface area contributed by atoms with Gasteiger partial charge in [0.2, 0.25) is 0 Å². The van der Waals surface area contributed by atoms with Crippen LogP contribution in [-0.4, -0.2) is 42.1 Å². The van der Waals surface area contributed by atoms with E-state index in [1.54, 1.807) is 7.11 Å². The van der Waals surface area contributed by atoms with Crippen LogP contribution in [0.3, 0.4) is 0 Å². The zero-order valence-electron chi connectivity index (χ0n) is 18.3. The van der Waals surface area contributed by atoms with Crippen molar-refractivity contribution in [3.63, 3.8) is 0 Å². The van der Waals surface area contributed by atoms with Gasteiger partial charge in [-0.15, -0.1) is 6.58 Å². The Bertz CT molecular complexity index is 1130. The highest BCUT2D eigenvalue weighted by molar-refractivity contribution is 5.94. The number of ether oxygens (including phenoxy) is 2. The zero-order chi connectivity index (χ0) is 22.1. The first-order chi connectivity index (χ1) is 15.7. The lowest BCUT2D eigenvalue weighted by Gasteiger charge is -2.37. The number of pyridine rings is 1. The molecule has 3 heterocycles. The Kier molecular flexibility index (Phi) is 5.66. The predicted molar refractivity (Wildman–Crippen MR) is 125 cm³/mol. The van der Waals surface area contributed by atoms with E-state index in [4.69, 9.17) is 9.47 Å². The van der Waals surface area contributed by atoms with Crippen molar-refractivity contribution in [2.24, 2.45) is 11.8 Å². The van der Waals surface area contributed by atoms with Gasteiger partial charge in [-0.25, -0.2) is 0 Å². The van der Waals surface area contributed by atoms with E-state index >= 15 is 0 Å². The molecule has 32 heavy (non-hydrogen) atoms. The maximum atomic E-state index is 12.9. The molecule has 5 rings (SSSR count). The van der Waals surface area contributed by atoms with Gasteiger partial charge in [-0.2, -0.15) is 0 Å². The van der Waals surface area contributed by atoms with Crippen LogP contribution in [0, 0.1) is 11.8 Å². The molecule has 0 bridgehead atoms. The van der Waals surface area contributed by atoms with Gasteiger partial charge in [-0.3, -0.25) is 9.78 Å². The van der Waals surface area contributed by atoms with Crippen molar-refractivity contribution in [1.29, 1.82) is 0 Å². The van der Waals surface area contributed by atoms with Gasteiger partial charge in [-0.1, -0.05) is 24.3 Å². The van der Waals surface area contributed by atoms with Crippen molar-refractivity contribution < 1.29 is 14.3 Å². The van der Waals surface area contributed by atoms with E-state index in [1.807, 2.05) is 65.7 Å². The van der Waals surface area contributed by atoms with Crippen LogP contribution in [0.25, 0.3) is 10.9 Å². The number of nitrogens with zero attached hydrogens (tertiary/aromatic N) is 2. The van der Waals surface area contributed by atoms with E-state index in [9.17, 15) is 4.79 Å². The summed E-state index contributed by atoms with van der Waals surface area (Å²) in [5.41, 5.74) is 2.87. The van der Waals surface area contributed by atoms with Crippen molar-refractivity contribution in [3.05, 3.63) is 84.6 Å². The average Bonchev–Trinajstić information content (AvgIpc) is 3.62. The summed E-state index contributed by atoms with van der Waals surface area (Å²) in [4.78, 5) is 19.3. The topological polar surface area (TPSA) is 55.0 Å². The van der Waals surface area contributed by atoms with E-state index in [1.165, 1.54) is 5.56 Å². The molecule has 0 N–H and O–H groups in total. The molecule has 5 nitrogen and oxygen atoms in total. The number of benzene rings is 2. The van der Waals surface area contributed by atoms with Crippen LogP contribution in [0.1, 0.15) is 34.9 Å². The molecule has 0 saturated carbocycles. The van der Waals surface area contributed by atoms with Crippen LogP contribution < -0.4 is 4.74 Å². The number of methoxy groups -OCH3 is 1. The molecule has 0 aliphatic carbocycles. The number of piperidine rings is 1. The van der Waals surface area contributed by atoms with E-state index in [0.717, 1.165) is 41.6 Å². The third-order valence-corrected chi connectivity index (χ3v) is 6.82. The first-order valence-electron chi connectivity index (χ1n) is 11.2. The van der Waals surface area contributed by atoms with Gasteiger partial charge in [0.25, 0.3) is 5.91 Å². The third-order valence-electron chi connectivity index (χ3n) is 6.82. The fourth-order valence-corrected chi connectivity index (χ4v) is 4.95. The van der Waals surface area contributed by atoms with Gasteiger partial charge in [0, 0.05) is 30.2 Å². The number of carbonyl (C=O) groups is 1. The highest BCUT2D eigenvalue weighted by Gasteiger charge is 2.44. The van der Waals surface area contributed by atoms with E-state index in [-0.39, 0.29) is 24.0 Å². The van der Waals surface area contributed by atoms with Gasteiger partial charge in [-0.05, 0) is 66.6 Å². The zero-order valence-corrected chi connectivity index (χ0v) is 18.3. The van der Waals surface area contributed by atoms with Crippen molar-refractivity contribution in [2.75, 3.05) is 20.2 Å². The second-order valence-corrected chi connectivity index (χ2v) is 8.68. The Hall–Kier alpha value is -3.18. The summed E-state index contributed by atoms with van der Waals surface area (Å²) in [5, 5.41) is 1.09. The summed E-state index contributed by atoms with van der Waals surface area (Å²) in [7, 11) is 1.68. The molecule has 2 aliphatic heterocycles. The molecule has 3 aromatic rings. The minimum Gasteiger partial charge on any atom is -0.497 e. The summed E-state index contributed by atoms with van der Waals surface area (Å²) in [6.07, 6.45) is 6.08. The second-order valence-electron chi connectivity index (χ2n) is 8.68. The quantitative estimate of drug-likeness (QED) is 0.408. The standard InChI is InChI=1S/C27H28N2O3/c1-3-18-17-29(27(30)19-7-5-4-6-8-19)14-12-20(18)15-25-26(32-25)22-11-13-28-24-10-9-21(31-2)16-23(22)24/h3-11,13,16,18,20,25-26H,1,12,14-15,17H2,2H3/t18-,20-,25-,26-/m0/s1. The molecule has 0 radical (unpaired) electrons. The summed E-state index contributed by atoms with van der Waals surface area (Å²) in [5.74, 6) is 1.67. The number of carbonyl (C=O) groups excluding carboxylic acids is 1. The van der Waals surface area contributed by atoms with E-state index in [0.29, 0.717) is 12.5 Å². The smallest absolute Gasteiger partial charge is 0.253 e. The maximum absolute atomic E-state index is 12.9. The molecule has 164 valence electrons. The summed E-state index contributed by atoms with van der Waals surface area (Å²) in [6.45, 7) is 5.56. The molecular weight excluding hydrogens is 400 g/mol. The summed E-state index contributed by atoms with van der Waals surface area (Å²) in [6, 6.07) is 17.5. The number of fused-ring (bicyclic) bond motifs is 1. The van der Waals surface area contributed by atoms with Crippen molar-refractivity contribution >= 4 is 16.8 Å². The fourth-order valence-electron chi connectivity index (χ4n) is 4.95. The molecule has 1 aromatic heterocycles. The molecule has 5 heteroatoms. The number of amides is 1. The van der Waals surface area contributed by atoms with Crippen molar-refractivity contribution in [1.82, 2.24) is 9.88 Å². The monoisotopic (exact) mass is 428 g/mol. The lowest BCUT2D eigenvalue weighted by Crippen LogP contribution is -2.43. The normalized spacial score (nSPS) is 24.8. The predicted octanol–water partition coefficient (Wildman–Crippen LogP) is 5.04. The fraction of sp³-hybridized carbons (Fsp3) is 0.333. The number of epoxide rings is 1. The molecular formula is C27H28N2O3. The van der Waals surface area contributed by atoms with Crippen LogP contribution in [-0.2, 0) is 4.74 Å². The average molecular weight is 429 g/mol. The van der Waals surface area contributed by atoms with Crippen LogP contribution in [0.4, 0.5) is 0 Å². The first kappa shape index (κ1) is 20.7. The molecule has 2 aromatic carbocycles. The molecule has 0 unspecified atom stereocenters. The summed E-state index contributed by atoms with van der Waals surface area (Å²) >= 11 is 0. The highest BCUT2D eigenvalue weighted by Crippen LogP contribution is 2.47. The SMILES string of the molecule is C=C[C@H]1CN(C(=O)c2ccccc2)CC[C@H]1C[C@@H]1O[C@H]1c1ccnc2ccc(OC)cc12. The van der Waals surface area contributed by atoms with Crippen LogP contribution >= 0.6 is 0 Å². The van der Waals surface area contributed by atoms with E-state index < -0.39 is 0 Å². The number of hydrogen-bond donors (Lipinski definition) is 0. The number of hydrogen-bond acceptors (Lipinski definition) is 4. The third kappa shape index (κ3) is 4.00. The number of likely N-dealkylation sites (tertiary alicyclic amines) is 1. The molecule has 2 fully saturated rings. The molecule has 4 atom stereocenters. The lowest BCUT2D eigenvalue weighted by atomic mass is 9.81. The maximum Gasteiger partial charge on any atom is 0.253 e. The summed E-state index contributed by atoms with van der Waals surface area (Å²) < 4.78 is 11.5. The van der Waals surface area contributed by atoms with Crippen LogP contribution in [0.15, 0.2) is 73.4 Å². The molecule has 0 spiro atoms. The lowest BCUT2D eigenvalue weighted by molar-refractivity contribution is 0.0626. The minimum atomic E-state index is 0.0852. The minimum absolute atomic E-state index is 0.0852. The van der Waals surface area contributed by atoms with Gasteiger partial charge >= 0.3 is 0 Å². The number of aromatic nitrogens is 1. The Morgan fingerprint density at radius 2 is 2.09 bits per heavy atom. The molecule has 2 aliphatic rings. The van der Waals surface area contributed by atoms with Crippen molar-refractivity contribution in [3.8, 4) is 5.75 Å². The molecule has 1 amide bonds. The van der Waals surface area contributed by atoms with Gasteiger partial charge in [0.15, 0.2) is 0 Å². The van der Waals surface area contributed by atoms with Crippen molar-refractivity contribution in [2.45, 2.75) is 25.0 Å². The van der Waals surface area contributed by atoms with Gasteiger partial charge in [0.05, 0.1) is 18.7 Å². The van der Waals surface area contributed by atoms with Gasteiger partial charge in [0.1, 0.15) is 11.9 Å². The number of rotatable bonds is 6. The molecule has 2 saturated heterocycles. The van der Waals surface area contributed by atoms with Crippen LogP contribution in [0.5, 0.6) is 5.75 Å². The Morgan fingerprint density at radius 1 is 1.25 bits per heavy atom. The highest BCUT2D eigenvalue weighted by atomic mass is 16.6.